The Kier molecular flexibility index (Phi) is 9.08. The third-order valence-electron chi connectivity index (χ3n) is 5.26. The van der Waals surface area contributed by atoms with Gasteiger partial charge in [-0.1, -0.05) is 6.07 Å². The second-order valence-electron chi connectivity index (χ2n) is 7.54. The highest BCUT2D eigenvalue weighted by Crippen LogP contribution is 2.28. The molecular formula is C26H26N4O8. The van der Waals surface area contributed by atoms with Crippen molar-refractivity contribution in [1.82, 2.24) is 21.7 Å². The van der Waals surface area contributed by atoms with Gasteiger partial charge in [-0.25, -0.2) is 0 Å². The van der Waals surface area contributed by atoms with E-state index in [1.54, 1.807) is 12.1 Å². The zero-order valence-electron chi connectivity index (χ0n) is 21.0. The summed E-state index contributed by atoms with van der Waals surface area (Å²) < 4.78 is 20.6. The SMILES string of the molecule is COc1ccc(C(=O)NNC(=O)c2cccc(C(=O)NNC(=O)c3ccc(OC)c(OC)c3)c2)cc1OC. The van der Waals surface area contributed by atoms with Gasteiger partial charge in [0.25, 0.3) is 23.6 Å². The second-order valence-corrected chi connectivity index (χ2v) is 7.54. The second kappa shape index (κ2) is 12.6. The van der Waals surface area contributed by atoms with Crippen LogP contribution in [0.5, 0.6) is 23.0 Å². The van der Waals surface area contributed by atoms with Crippen molar-refractivity contribution in [2.24, 2.45) is 0 Å². The molecule has 3 rings (SSSR count). The molecule has 0 unspecified atom stereocenters. The van der Waals surface area contributed by atoms with Crippen molar-refractivity contribution < 1.29 is 38.1 Å². The molecule has 3 aromatic rings. The van der Waals surface area contributed by atoms with Gasteiger partial charge >= 0.3 is 0 Å². The van der Waals surface area contributed by atoms with E-state index in [1.165, 1.54) is 77.0 Å². The smallest absolute Gasteiger partial charge is 0.269 e. The monoisotopic (exact) mass is 522 g/mol. The molecule has 0 fully saturated rings. The summed E-state index contributed by atoms with van der Waals surface area (Å²) in [6, 6.07) is 14.7. The average Bonchev–Trinajstić information content (AvgIpc) is 2.97. The Morgan fingerprint density at radius 3 is 1.08 bits per heavy atom. The summed E-state index contributed by atoms with van der Waals surface area (Å²) in [4.78, 5) is 49.9. The molecule has 0 saturated carbocycles. The van der Waals surface area contributed by atoms with Crippen LogP contribution < -0.4 is 40.7 Å². The van der Waals surface area contributed by atoms with Crippen molar-refractivity contribution in [3.63, 3.8) is 0 Å². The summed E-state index contributed by atoms with van der Waals surface area (Å²) in [5.41, 5.74) is 9.81. The number of amides is 4. The first-order valence-corrected chi connectivity index (χ1v) is 11.1. The zero-order chi connectivity index (χ0) is 27.7. The largest absolute Gasteiger partial charge is 0.493 e. The van der Waals surface area contributed by atoms with Gasteiger partial charge in [0.05, 0.1) is 28.4 Å². The van der Waals surface area contributed by atoms with Crippen LogP contribution in [0, 0.1) is 0 Å². The Hall–Kier alpha value is -5.26. The first-order valence-electron chi connectivity index (χ1n) is 11.1. The minimum atomic E-state index is -0.664. The number of ether oxygens (including phenoxy) is 4. The molecule has 38 heavy (non-hydrogen) atoms. The minimum Gasteiger partial charge on any atom is -0.493 e. The molecule has 198 valence electrons. The average molecular weight is 523 g/mol. The molecule has 4 N–H and O–H groups in total. The van der Waals surface area contributed by atoms with Crippen molar-refractivity contribution in [1.29, 1.82) is 0 Å². The van der Waals surface area contributed by atoms with Crippen LogP contribution in [0.2, 0.25) is 0 Å². The quantitative estimate of drug-likeness (QED) is 0.327. The molecule has 4 amide bonds. The Morgan fingerprint density at radius 2 is 0.763 bits per heavy atom. The van der Waals surface area contributed by atoms with Crippen molar-refractivity contribution in [2.45, 2.75) is 0 Å². The van der Waals surface area contributed by atoms with Crippen molar-refractivity contribution in [3.8, 4) is 23.0 Å². The third kappa shape index (κ3) is 6.49. The van der Waals surface area contributed by atoms with E-state index in [2.05, 4.69) is 21.7 Å². The predicted molar refractivity (Wildman–Crippen MR) is 135 cm³/mol. The highest BCUT2D eigenvalue weighted by molar-refractivity contribution is 6.03. The fourth-order valence-corrected chi connectivity index (χ4v) is 3.27. The van der Waals surface area contributed by atoms with Gasteiger partial charge < -0.3 is 18.9 Å². The molecule has 0 radical (unpaired) electrons. The number of carbonyl (C=O) groups is 4. The van der Waals surface area contributed by atoms with E-state index in [0.29, 0.717) is 23.0 Å². The Balaban J connectivity index is 1.59. The molecule has 0 saturated heterocycles. The Morgan fingerprint density at radius 1 is 0.447 bits per heavy atom. The number of hydrogen-bond donors (Lipinski definition) is 4. The van der Waals surface area contributed by atoms with Gasteiger partial charge in [-0.05, 0) is 54.6 Å². The molecule has 0 aromatic heterocycles. The fourth-order valence-electron chi connectivity index (χ4n) is 3.27. The van der Waals surface area contributed by atoms with Gasteiger partial charge in [-0.3, -0.25) is 40.9 Å². The van der Waals surface area contributed by atoms with E-state index >= 15 is 0 Å². The molecule has 0 atom stereocenters. The van der Waals surface area contributed by atoms with Crippen LogP contribution >= 0.6 is 0 Å². The molecule has 0 spiro atoms. The first kappa shape index (κ1) is 27.3. The van der Waals surface area contributed by atoms with Crippen molar-refractivity contribution in [2.75, 3.05) is 28.4 Å². The molecular weight excluding hydrogens is 496 g/mol. The molecule has 12 heteroatoms. The zero-order valence-corrected chi connectivity index (χ0v) is 21.0. The standard InChI is InChI=1S/C26H26N4O8/c1-35-19-10-8-17(13-21(19)37-3)25(33)29-27-23(31)15-6-5-7-16(12-15)24(32)28-30-26(34)18-9-11-20(36-2)22(14-18)38-4/h5-14H,1-4H3,(H,27,31)(H,28,32)(H,29,33)(H,30,34). The van der Waals surface area contributed by atoms with Crippen molar-refractivity contribution >= 4 is 23.6 Å². The molecule has 0 bridgehead atoms. The number of benzene rings is 3. The summed E-state index contributed by atoms with van der Waals surface area (Å²) in [6.07, 6.45) is 0. The molecule has 0 aliphatic rings. The van der Waals surface area contributed by atoms with Crippen LogP contribution in [0.3, 0.4) is 0 Å². The van der Waals surface area contributed by atoms with Crippen LogP contribution in [0.4, 0.5) is 0 Å². The highest BCUT2D eigenvalue weighted by Gasteiger charge is 2.15. The lowest BCUT2D eigenvalue weighted by atomic mass is 10.1. The number of methoxy groups -OCH3 is 4. The Labute approximate surface area is 218 Å². The van der Waals surface area contributed by atoms with Gasteiger partial charge in [0.1, 0.15) is 0 Å². The lowest BCUT2D eigenvalue weighted by Crippen LogP contribution is -2.42. The predicted octanol–water partition coefficient (Wildman–Crippen LogP) is 1.87. The fraction of sp³-hybridized carbons (Fsp3) is 0.154. The van der Waals surface area contributed by atoms with E-state index in [-0.39, 0.29) is 22.3 Å². The van der Waals surface area contributed by atoms with E-state index in [9.17, 15) is 19.2 Å². The van der Waals surface area contributed by atoms with Crippen LogP contribution in [-0.2, 0) is 0 Å². The normalized spacial score (nSPS) is 10.0. The molecule has 0 heterocycles. The molecule has 3 aromatic carbocycles. The molecule has 12 nitrogen and oxygen atoms in total. The molecule has 0 aliphatic carbocycles. The molecule has 0 aliphatic heterocycles. The summed E-state index contributed by atoms with van der Waals surface area (Å²) in [5.74, 6) is -0.916. The van der Waals surface area contributed by atoms with E-state index in [4.69, 9.17) is 18.9 Å². The van der Waals surface area contributed by atoms with E-state index in [0.717, 1.165) is 0 Å². The lowest BCUT2D eigenvalue weighted by Gasteiger charge is -2.12. The lowest BCUT2D eigenvalue weighted by molar-refractivity contribution is 0.0842. The number of hydrogen-bond acceptors (Lipinski definition) is 8. The highest BCUT2D eigenvalue weighted by atomic mass is 16.5. The van der Waals surface area contributed by atoms with Gasteiger partial charge in [-0.2, -0.15) is 0 Å². The topological polar surface area (TPSA) is 153 Å². The van der Waals surface area contributed by atoms with Gasteiger partial charge in [0.15, 0.2) is 23.0 Å². The maximum Gasteiger partial charge on any atom is 0.269 e. The minimum absolute atomic E-state index is 0.0940. The van der Waals surface area contributed by atoms with E-state index < -0.39 is 23.6 Å². The van der Waals surface area contributed by atoms with Crippen LogP contribution in [0.15, 0.2) is 60.7 Å². The summed E-state index contributed by atoms with van der Waals surface area (Å²) >= 11 is 0. The van der Waals surface area contributed by atoms with Gasteiger partial charge in [0.2, 0.25) is 0 Å². The van der Waals surface area contributed by atoms with E-state index in [1.807, 2.05) is 0 Å². The summed E-state index contributed by atoms with van der Waals surface area (Å²) in [7, 11) is 5.81. The van der Waals surface area contributed by atoms with Gasteiger partial charge in [-0.15, -0.1) is 0 Å². The van der Waals surface area contributed by atoms with Gasteiger partial charge in [0, 0.05) is 22.3 Å². The maximum atomic E-state index is 12.5. The van der Waals surface area contributed by atoms with Crippen LogP contribution in [0.25, 0.3) is 0 Å². The number of nitrogens with one attached hydrogen (secondary N) is 4. The number of rotatable bonds is 8. The number of carbonyl (C=O) groups excluding carboxylic acids is 4. The maximum absolute atomic E-state index is 12.5. The Bertz CT molecular complexity index is 1260. The van der Waals surface area contributed by atoms with Crippen LogP contribution in [0.1, 0.15) is 41.4 Å². The first-order chi connectivity index (χ1) is 18.3. The summed E-state index contributed by atoms with van der Waals surface area (Å²) in [5, 5.41) is 0. The number of hydrazine groups is 2. The van der Waals surface area contributed by atoms with Crippen LogP contribution in [-0.4, -0.2) is 52.1 Å². The summed E-state index contributed by atoms with van der Waals surface area (Å²) in [6.45, 7) is 0. The third-order valence-corrected chi connectivity index (χ3v) is 5.26. The van der Waals surface area contributed by atoms with Crippen molar-refractivity contribution in [3.05, 3.63) is 82.9 Å².